The minimum atomic E-state index is -0.469. The second-order valence-electron chi connectivity index (χ2n) is 6.92. The van der Waals surface area contributed by atoms with Gasteiger partial charge in [-0.25, -0.2) is 0 Å². The van der Waals surface area contributed by atoms with Crippen LogP contribution in [0.25, 0.3) is 0 Å². The van der Waals surface area contributed by atoms with Gasteiger partial charge in [-0.3, -0.25) is 14.5 Å². The summed E-state index contributed by atoms with van der Waals surface area (Å²) in [7, 11) is 0. The zero-order chi connectivity index (χ0) is 17.0. The van der Waals surface area contributed by atoms with Crippen LogP contribution in [0.5, 0.6) is 0 Å². The Morgan fingerprint density at radius 1 is 1.17 bits per heavy atom. The molecule has 24 heavy (non-hydrogen) atoms. The maximum Gasteiger partial charge on any atom is 0.248 e. The van der Waals surface area contributed by atoms with Crippen molar-refractivity contribution in [2.45, 2.75) is 25.7 Å². The number of hydrogen-bond acceptors (Lipinski definition) is 4. The van der Waals surface area contributed by atoms with Crippen LogP contribution in [-0.4, -0.2) is 49.6 Å². The van der Waals surface area contributed by atoms with Crippen molar-refractivity contribution >= 4 is 17.5 Å². The minimum absolute atomic E-state index is 0.0223. The highest BCUT2D eigenvalue weighted by atomic mass is 16.5. The molecule has 2 aliphatic rings. The van der Waals surface area contributed by atoms with Crippen molar-refractivity contribution in [2.24, 2.45) is 11.1 Å². The lowest BCUT2D eigenvalue weighted by Gasteiger charge is -2.44. The lowest BCUT2D eigenvalue weighted by molar-refractivity contribution is -0.118. The molecule has 2 saturated heterocycles. The van der Waals surface area contributed by atoms with Crippen molar-refractivity contribution in [3.05, 3.63) is 29.8 Å². The standard InChI is InChI=1S/C18H25N3O3/c19-17(23)14-2-4-15(5-3-14)20-16(22)12-21-9-1-6-18(13-21)7-10-24-11-8-18/h2-5H,1,6-13H2,(H2,19,23)(H,20,22). The van der Waals surface area contributed by atoms with Gasteiger partial charge < -0.3 is 15.8 Å². The molecule has 0 radical (unpaired) electrons. The molecule has 0 aromatic heterocycles. The Morgan fingerprint density at radius 3 is 2.54 bits per heavy atom. The summed E-state index contributed by atoms with van der Waals surface area (Å²) in [5, 5.41) is 2.89. The molecule has 0 bridgehead atoms. The number of anilines is 1. The number of hydrogen-bond donors (Lipinski definition) is 2. The van der Waals surface area contributed by atoms with Gasteiger partial charge in [-0.1, -0.05) is 0 Å². The molecule has 0 atom stereocenters. The van der Waals surface area contributed by atoms with Gasteiger partial charge in [0.1, 0.15) is 0 Å². The molecule has 6 nitrogen and oxygen atoms in total. The molecule has 6 heteroatoms. The fourth-order valence-electron chi connectivity index (χ4n) is 3.78. The quantitative estimate of drug-likeness (QED) is 0.878. The van der Waals surface area contributed by atoms with E-state index in [-0.39, 0.29) is 5.91 Å². The molecular formula is C18H25N3O3. The summed E-state index contributed by atoms with van der Waals surface area (Å²) < 4.78 is 5.49. The fraction of sp³-hybridized carbons (Fsp3) is 0.556. The number of nitrogens with zero attached hydrogens (tertiary/aromatic N) is 1. The number of carbonyl (C=O) groups is 2. The van der Waals surface area contributed by atoms with Crippen LogP contribution in [0.2, 0.25) is 0 Å². The first kappa shape index (κ1) is 16.9. The van der Waals surface area contributed by atoms with Gasteiger partial charge in [0.2, 0.25) is 11.8 Å². The van der Waals surface area contributed by atoms with E-state index in [4.69, 9.17) is 10.5 Å². The third-order valence-electron chi connectivity index (χ3n) is 5.11. The Balaban J connectivity index is 1.53. The Kier molecular flexibility index (Phi) is 5.16. The lowest BCUT2D eigenvalue weighted by atomic mass is 9.74. The first-order chi connectivity index (χ1) is 11.6. The third kappa shape index (κ3) is 4.13. The van der Waals surface area contributed by atoms with Crippen molar-refractivity contribution in [3.8, 4) is 0 Å². The SMILES string of the molecule is NC(=O)c1ccc(NC(=O)CN2CCCC3(CCOCC3)C2)cc1. The number of nitrogens with one attached hydrogen (secondary N) is 1. The molecule has 1 spiro atoms. The molecule has 3 rings (SSSR count). The highest BCUT2D eigenvalue weighted by Gasteiger charge is 2.37. The van der Waals surface area contributed by atoms with Crippen LogP contribution in [0.3, 0.4) is 0 Å². The monoisotopic (exact) mass is 331 g/mol. The summed E-state index contributed by atoms with van der Waals surface area (Å²) in [5.41, 5.74) is 6.67. The summed E-state index contributed by atoms with van der Waals surface area (Å²) in [6.07, 6.45) is 4.57. The molecule has 2 fully saturated rings. The zero-order valence-corrected chi connectivity index (χ0v) is 13.9. The molecule has 130 valence electrons. The van der Waals surface area contributed by atoms with E-state index in [9.17, 15) is 9.59 Å². The topological polar surface area (TPSA) is 84.7 Å². The number of benzene rings is 1. The van der Waals surface area contributed by atoms with Crippen molar-refractivity contribution in [1.82, 2.24) is 4.90 Å². The molecule has 2 amide bonds. The van der Waals surface area contributed by atoms with Crippen LogP contribution in [0, 0.1) is 5.41 Å². The molecule has 1 aromatic carbocycles. The Morgan fingerprint density at radius 2 is 1.88 bits per heavy atom. The number of primary amides is 1. The number of piperidine rings is 1. The van der Waals surface area contributed by atoms with Crippen molar-refractivity contribution in [1.29, 1.82) is 0 Å². The van der Waals surface area contributed by atoms with Gasteiger partial charge in [-0.2, -0.15) is 0 Å². The van der Waals surface area contributed by atoms with E-state index in [1.54, 1.807) is 24.3 Å². The van der Waals surface area contributed by atoms with Gasteiger partial charge in [-0.05, 0) is 61.9 Å². The van der Waals surface area contributed by atoms with E-state index in [1.165, 1.54) is 6.42 Å². The Labute approximate surface area is 142 Å². The van der Waals surface area contributed by atoms with E-state index >= 15 is 0 Å². The van der Waals surface area contributed by atoms with E-state index in [2.05, 4.69) is 10.2 Å². The van der Waals surface area contributed by atoms with Crippen LogP contribution in [0.4, 0.5) is 5.69 Å². The smallest absolute Gasteiger partial charge is 0.248 e. The Bertz CT molecular complexity index is 589. The highest BCUT2D eigenvalue weighted by molar-refractivity contribution is 5.95. The predicted octanol–water partition coefficient (Wildman–Crippen LogP) is 1.62. The van der Waals surface area contributed by atoms with Gasteiger partial charge in [0.05, 0.1) is 6.54 Å². The minimum Gasteiger partial charge on any atom is -0.381 e. The van der Waals surface area contributed by atoms with Crippen LogP contribution in [0.15, 0.2) is 24.3 Å². The van der Waals surface area contributed by atoms with E-state index < -0.39 is 5.91 Å². The largest absolute Gasteiger partial charge is 0.381 e. The lowest BCUT2D eigenvalue weighted by Crippen LogP contribution is -2.48. The van der Waals surface area contributed by atoms with E-state index in [0.717, 1.165) is 45.6 Å². The molecule has 0 saturated carbocycles. The number of rotatable bonds is 4. The van der Waals surface area contributed by atoms with Crippen LogP contribution >= 0.6 is 0 Å². The first-order valence-corrected chi connectivity index (χ1v) is 8.56. The summed E-state index contributed by atoms with van der Waals surface area (Å²) in [4.78, 5) is 25.6. The molecule has 2 heterocycles. The summed E-state index contributed by atoms with van der Waals surface area (Å²) in [5.74, 6) is -0.492. The highest BCUT2D eigenvalue weighted by Crippen LogP contribution is 2.38. The molecule has 2 aliphatic heterocycles. The summed E-state index contributed by atoms with van der Waals surface area (Å²) in [6.45, 7) is 4.03. The van der Waals surface area contributed by atoms with Crippen molar-refractivity contribution < 1.29 is 14.3 Å². The molecule has 0 unspecified atom stereocenters. The van der Waals surface area contributed by atoms with Crippen LogP contribution < -0.4 is 11.1 Å². The van der Waals surface area contributed by atoms with Gasteiger partial charge in [0.25, 0.3) is 0 Å². The molecule has 3 N–H and O–H groups in total. The molecule has 0 aliphatic carbocycles. The van der Waals surface area contributed by atoms with Crippen molar-refractivity contribution in [3.63, 3.8) is 0 Å². The number of likely N-dealkylation sites (tertiary alicyclic amines) is 1. The third-order valence-corrected chi connectivity index (χ3v) is 5.11. The van der Waals surface area contributed by atoms with Crippen molar-refractivity contribution in [2.75, 3.05) is 38.2 Å². The van der Waals surface area contributed by atoms with E-state index in [0.29, 0.717) is 23.2 Å². The normalized spacial score (nSPS) is 20.7. The average Bonchev–Trinajstić information content (AvgIpc) is 2.56. The van der Waals surface area contributed by atoms with Gasteiger partial charge in [0, 0.05) is 31.0 Å². The van der Waals surface area contributed by atoms with E-state index in [1.807, 2.05) is 0 Å². The number of amides is 2. The number of nitrogens with two attached hydrogens (primary N) is 1. The summed E-state index contributed by atoms with van der Waals surface area (Å²) >= 11 is 0. The first-order valence-electron chi connectivity index (χ1n) is 8.56. The maximum absolute atomic E-state index is 12.3. The van der Waals surface area contributed by atoms with Gasteiger partial charge in [-0.15, -0.1) is 0 Å². The average molecular weight is 331 g/mol. The number of carbonyl (C=O) groups excluding carboxylic acids is 2. The summed E-state index contributed by atoms with van der Waals surface area (Å²) in [6, 6.07) is 6.65. The maximum atomic E-state index is 12.3. The predicted molar refractivity (Wildman–Crippen MR) is 91.7 cm³/mol. The molecule has 1 aromatic rings. The van der Waals surface area contributed by atoms with Crippen LogP contribution in [-0.2, 0) is 9.53 Å². The number of ether oxygens (including phenoxy) is 1. The second-order valence-corrected chi connectivity index (χ2v) is 6.92. The van der Waals surface area contributed by atoms with Crippen LogP contribution in [0.1, 0.15) is 36.0 Å². The van der Waals surface area contributed by atoms with Gasteiger partial charge >= 0.3 is 0 Å². The Hall–Kier alpha value is -1.92. The fourth-order valence-corrected chi connectivity index (χ4v) is 3.78. The molecular weight excluding hydrogens is 306 g/mol. The second kappa shape index (κ2) is 7.32. The zero-order valence-electron chi connectivity index (χ0n) is 13.9. The van der Waals surface area contributed by atoms with Gasteiger partial charge in [0.15, 0.2) is 0 Å².